The summed E-state index contributed by atoms with van der Waals surface area (Å²) < 4.78 is 16.7. The number of aliphatic hydroxyl groups is 1. The third-order valence-electron chi connectivity index (χ3n) is 7.63. The van der Waals surface area contributed by atoms with Crippen LogP contribution in [0.1, 0.15) is 78.1 Å². The number of likely N-dealkylation sites (tertiary alicyclic amines) is 1. The third-order valence-corrected chi connectivity index (χ3v) is 7.63. The molecule has 2 aromatic rings. The van der Waals surface area contributed by atoms with E-state index >= 15 is 0 Å². The fourth-order valence-corrected chi connectivity index (χ4v) is 5.67. The van der Waals surface area contributed by atoms with Crippen molar-refractivity contribution in [3.63, 3.8) is 0 Å². The number of nitrogens with zero attached hydrogens (tertiary/aromatic N) is 1. The topological polar surface area (TPSA) is 85.3 Å². The van der Waals surface area contributed by atoms with Crippen LogP contribution in [-0.2, 0) is 4.79 Å². The molecule has 0 saturated carbocycles. The predicted octanol–water partition coefficient (Wildman–Crippen LogP) is 5.23. The van der Waals surface area contributed by atoms with E-state index in [-0.39, 0.29) is 17.5 Å². The predicted molar refractivity (Wildman–Crippen MR) is 146 cm³/mol. The van der Waals surface area contributed by atoms with Crippen LogP contribution in [-0.4, -0.2) is 61.5 Å². The first-order valence-corrected chi connectivity index (χ1v) is 13.9. The van der Waals surface area contributed by atoms with Crippen LogP contribution in [0.15, 0.2) is 30.3 Å². The molecule has 0 radical (unpaired) electrons. The van der Waals surface area contributed by atoms with Crippen molar-refractivity contribution in [2.24, 2.45) is 5.92 Å². The van der Waals surface area contributed by atoms with Gasteiger partial charge in [0.05, 0.1) is 13.2 Å². The van der Waals surface area contributed by atoms with E-state index in [1.165, 1.54) is 0 Å². The van der Waals surface area contributed by atoms with Crippen LogP contribution in [0.2, 0.25) is 0 Å². The molecule has 38 heavy (non-hydrogen) atoms. The van der Waals surface area contributed by atoms with Crippen LogP contribution in [0, 0.1) is 19.8 Å². The summed E-state index contributed by atoms with van der Waals surface area (Å²) in [7, 11) is 1.64. The van der Waals surface area contributed by atoms with Crippen molar-refractivity contribution in [1.82, 2.24) is 4.90 Å². The van der Waals surface area contributed by atoms with Crippen molar-refractivity contribution in [3.8, 4) is 17.2 Å². The Hall–Kier alpha value is -2.90. The van der Waals surface area contributed by atoms with E-state index in [1.807, 2.05) is 44.2 Å². The molecular formula is C31H41NO6. The molecule has 1 N–H and O–H groups in total. The smallest absolute Gasteiger partial charge is 0.162 e. The van der Waals surface area contributed by atoms with Gasteiger partial charge in [0.25, 0.3) is 0 Å². The summed E-state index contributed by atoms with van der Waals surface area (Å²) >= 11 is 0. The molecule has 2 aliphatic rings. The fourth-order valence-electron chi connectivity index (χ4n) is 5.67. The standard InChI is InChI=1S/C31H41NO6/c1-21-16-24(17-22(2)31(21)36-3)27(34)9-5-4-8-26(33)18-25(20-32-12-6-7-13-32)30(35)23-10-11-28-29(19-23)38-15-14-37-28/h10-11,16-17,19,25,30,35H,4-9,12-15,18,20H2,1-3H3/t25-,30-/m1/s1. The van der Waals surface area contributed by atoms with Crippen LogP contribution in [0.3, 0.4) is 0 Å². The molecule has 2 atom stereocenters. The maximum absolute atomic E-state index is 13.0. The monoisotopic (exact) mass is 523 g/mol. The number of unbranched alkanes of at least 4 members (excludes halogenated alkanes) is 1. The number of hydrogen-bond acceptors (Lipinski definition) is 7. The average Bonchev–Trinajstić information content (AvgIpc) is 3.43. The number of methoxy groups -OCH3 is 1. The lowest BCUT2D eigenvalue weighted by Crippen LogP contribution is -2.31. The number of aryl methyl sites for hydroxylation is 2. The van der Waals surface area contributed by atoms with Gasteiger partial charge in [-0.3, -0.25) is 9.59 Å². The van der Waals surface area contributed by atoms with Gasteiger partial charge in [-0.2, -0.15) is 0 Å². The molecule has 0 amide bonds. The van der Waals surface area contributed by atoms with Gasteiger partial charge in [-0.15, -0.1) is 0 Å². The second-order valence-corrected chi connectivity index (χ2v) is 10.6. The van der Waals surface area contributed by atoms with Gasteiger partial charge in [0, 0.05) is 37.3 Å². The zero-order valence-corrected chi connectivity index (χ0v) is 23.0. The Kier molecular flexibility index (Phi) is 9.80. The van der Waals surface area contributed by atoms with Crippen molar-refractivity contribution in [2.45, 2.75) is 64.9 Å². The molecular weight excluding hydrogens is 482 g/mol. The maximum atomic E-state index is 13.0. The summed E-state index contributed by atoms with van der Waals surface area (Å²) in [6.07, 6.45) is 4.01. The maximum Gasteiger partial charge on any atom is 0.162 e. The number of ketones is 2. The van der Waals surface area contributed by atoms with E-state index in [9.17, 15) is 14.7 Å². The molecule has 0 aromatic heterocycles. The molecule has 0 unspecified atom stereocenters. The largest absolute Gasteiger partial charge is 0.496 e. The van der Waals surface area contributed by atoms with Crippen molar-refractivity contribution in [1.29, 1.82) is 0 Å². The van der Waals surface area contributed by atoms with E-state index in [0.717, 1.165) is 48.4 Å². The molecule has 7 heteroatoms. The SMILES string of the molecule is COc1c(C)cc(C(=O)CCCCC(=O)C[C@H](CN2CCCC2)[C@H](O)c2ccc3c(c2)OCCO3)cc1C. The second-order valence-electron chi connectivity index (χ2n) is 10.6. The summed E-state index contributed by atoms with van der Waals surface area (Å²) in [4.78, 5) is 28.1. The molecule has 4 rings (SSSR count). The molecule has 0 aliphatic carbocycles. The summed E-state index contributed by atoms with van der Waals surface area (Å²) in [6, 6.07) is 9.30. The summed E-state index contributed by atoms with van der Waals surface area (Å²) in [6.45, 7) is 7.60. The number of fused-ring (bicyclic) bond motifs is 1. The molecule has 0 bridgehead atoms. The summed E-state index contributed by atoms with van der Waals surface area (Å²) in [5, 5.41) is 11.3. The Morgan fingerprint density at radius 3 is 2.32 bits per heavy atom. The molecule has 2 aliphatic heterocycles. The molecule has 2 heterocycles. The number of Topliss-reactive ketones (excluding diaryl/α,β-unsaturated/α-hetero) is 2. The van der Waals surface area contributed by atoms with E-state index in [4.69, 9.17) is 14.2 Å². The highest BCUT2D eigenvalue weighted by Crippen LogP contribution is 2.36. The highest BCUT2D eigenvalue weighted by molar-refractivity contribution is 5.96. The van der Waals surface area contributed by atoms with E-state index < -0.39 is 6.10 Å². The van der Waals surface area contributed by atoms with Crippen molar-refractivity contribution >= 4 is 11.6 Å². The minimum Gasteiger partial charge on any atom is -0.496 e. The van der Waals surface area contributed by atoms with E-state index in [1.54, 1.807) is 7.11 Å². The number of hydrogen-bond donors (Lipinski definition) is 1. The first-order valence-electron chi connectivity index (χ1n) is 13.9. The van der Waals surface area contributed by atoms with Gasteiger partial charge >= 0.3 is 0 Å². The number of ether oxygens (including phenoxy) is 3. The van der Waals surface area contributed by atoms with Crippen molar-refractivity contribution < 1.29 is 28.9 Å². The van der Waals surface area contributed by atoms with E-state index in [0.29, 0.717) is 68.9 Å². The van der Waals surface area contributed by atoms with Crippen LogP contribution >= 0.6 is 0 Å². The van der Waals surface area contributed by atoms with Crippen LogP contribution in [0.5, 0.6) is 17.2 Å². The highest BCUT2D eigenvalue weighted by atomic mass is 16.6. The molecule has 2 aromatic carbocycles. The number of aliphatic hydroxyl groups excluding tert-OH is 1. The summed E-state index contributed by atoms with van der Waals surface area (Å²) in [5.74, 6) is 2.17. The zero-order chi connectivity index (χ0) is 27.1. The molecule has 0 spiro atoms. The van der Waals surface area contributed by atoms with Crippen molar-refractivity contribution in [3.05, 3.63) is 52.6 Å². The minimum atomic E-state index is -0.765. The molecule has 1 fully saturated rings. The average molecular weight is 524 g/mol. The van der Waals surface area contributed by atoms with Crippen LogP contribution in [0.25, 0.3) is 0 Å². The zero-order valence-electron chi connectivity index (χ0n) is 23.0. The lowest BCUT2D eigenvalue weighted by atomic mass is 9.89. The number of benzene rings is 2. The summed E-state index contributed by atoms with van der Waals surface area (Å²) in [5.41, 5.74) is 3.35. The second kappa shape index (κ2) is 13.3. The first-order chi connectivity index (χ1) is 18.4. The molecule has 206 valence electrons. The van der Waals surface area contributed by atoms with E-state index in [2.05, 4.69) is 4.90 Å². The Balaban J connectivity index is 1.31. The number of carbonyl (C=O) groups is 2. The van der Waals surface area contributed by atoms with Gasteiger partial charge in [-0.05, 0) is 93.6 Å². The number of carbonyl (C=O) groups excluding carboxylic acids is 2. The molecule has 1 saturated heterocycles. The Morgan fingerprint density at radius 2 is 1.63 bits per heavy atom. The van der Waals surface area contributed by atoms with Crippen LogP contribution in [0.4, 0.5) is 0 Å². The Bertz CT molecular complexity index is 1100. The lowest BCUT2D eigenvalue weighted by molar-refractivity contribution is -0.121. The fraction of sp³-hybridized carbons (Fsp3) is 0.548. The Labute approximate surface area is 226 Å². The quantitative estimate of drug-likeness (QED) is 0.284. The van der Waals surface area contributed by atoms with Crippen molar-refractivity contribution in [2.75, 3.05) is 40.0 Å². The lowest BCUT2D eigenvalue weighted by Gasteiger charge is -2.28. The van der Waals surface area contributed by atoms with Gasteiger partial charge in [0.2, 0.25) is 0 Å². The number of rotatable bonds is 13. The minimum absolute atomic E-state index is 0.0900. The molecule has 7 nitrogen and oxygen atoms in total. The third kappa shape index (κ3) is 7.14. The van der Waals surface area contributed by atoms with Gasteiger partial charge in [-0.1, -0.05) is 6.07 Å². The first kappa shape index (κ1) is 28.1. The normalized spacial score (nSPS) is 16.7. The van der Waals surface area contributed by atoms with Gasteiger partial charge < -0.3 is 24.2 Å². The van der Waals surface area contributed by atoms with Gasteiger partial charge in [-0.25, -0.2) is 0 Å². The van der Waals surface area contributed by atoms with Gasteiger partial charge in [0.15, 0.2) is 17.3 Å². The van der Waals surface area contributed by atoms with Gasteiger partial charge in [0.1, 0.15) is 24.7 Å². The highest BCUT2D eigenvalue weighted by Gasteiger charge is 2.28. The van der Waals surface area contributed by atoms with Crippen LogP contribution < -0.4 is 14.2 Å². The Morgan fingerprint density at radius 1 is 0.974 bits per heavy atom.